The minimum Gasteiger partial charge on any atom is -0.488 e. The first-order valence-corrected chi connectivity index (χ1v) is 7.45. The second kappa shape index (κ2) is 6.80. The zero-order valence-corrected chi connectivity index (χ0v) is 13.1. The molecule has 0 atom stereocenters. The van der Waals surface area contributed by atoms with Crippen LogP contribution in [0.3, 0.4) is 0 Å². The number of nitrogens with zero attached hydrogens (tertiary/aromatic N) is 2. The number of pyridine rings is 1. The van der Waals surface area contributed by atoms with Crippen molar-refractivity contribution in [3.8, 4) is 11.8 Å². The molecule has 0 radical (unpaired) electrons. The average Bonchev–Trinajstić information content (AvgIpc) is 2.59. The fourth-order valence-electron chi connectivity index (χ4n) is 2.36. The highest BCUT2D eigenvalue weighted by molar-refractivity contribution is 5.89. The van der Waals surface area contributed by atoms with Gasteiger partial charge in [-0.1, -0.05) is 18.2 Å². The van der Waals surface area contributed by atoms with Gasteiger partial charge in [-0.2, -0.15) is 5.26 Å². The third-order valence-corrected chi connectivity index (χ3v) is 3.46. The Bertz CT molecular complexity index is 945. The van der Waals surface area contributed by atoms with Gasteiger partial charge in [0.15, 0.2) is 0 Å². The zero-order chi connectivity index (χ0) is 16.9. The smallest absolute Gasteiger partial charge is 0.222 e. The zero-order valence-electron chi connectivity index (χ0n) is 13.1. The van der Waals surface area contributed by atoms with E-state index in [-0.39, 0.29) is 5.91 Å². The van der Waals surface area contributed by atoms with Crippen molar-refractivity contribution >= 4 is 22.6 Å². The molecule has 0 bridgehead atoms. The first-order chi connectivity index (χ1) is 11.7. The number of nitrogens with one attached hydrogen (secondary N) is 1. The van der Waals surface area contributed by atoms with Crippen LogP contribution in [0, 0.1) is 11.3 Å². The maximum Gasteiger partial charge on any atom is 0.222 e. The van der Waals surface area contributed by atoms with E-state index in [1.54, 1.807) is 24.3 Å². The number of benzene rings is 2. The van der Waals surface area contributed by atoms with Gasteiger partial charge in [0.1, 0.15) is 24.2 Å². The van der Waals surface area contributed by atoms with E-state index in [9.17, 15) is 4.79 Å². The van der Waals surface area contributed by atoms with Crippen LogP contribution in [0.5, 0.6) is 5.75 Å². The molecule has 0 spiro atoms. The van der Waals surface area contributed by atoms with Gasteiger partial charge in [-0.3, -0.25) is 4.79 Å². The number of aromatic nitrogens is 1. The molecule has 1 heterocycles. The van der Waals surface area contributed by atoms with Gasteiger partial charge in [-0.25, -0.2) is 4.98 Å². The lowest BCUT2D eigenvalue weighted by atomic mass is 10.1. The molecule has 0 aliphatic carbocycles. The molecule has 0 fully saturated rings. The number of hydrogen-bond acceptors (Lipinski definition) is 4. The lowest BCUT2D eigenvalue weighted by molar-refractivity contribution is -0.114. The summed E-state index contributed by atoms with van der Waals surface area (Å²) in [6.45, 7) is 1.81. The Morgan fingerprint density at radius 3 is 2.83 bits per heavy atom. The van der Waals surface area contributed by atoms with E-state index in [1.807, 2.05) is 30.3 Å². The summed E-state index contributed by atoms with van der Waals surface area (Å²) in [5, 5.41) is 12.7. The quantitative estimate of drug-likeness (QED) is 0.797. The van der Waals surface area contributed by atoms with Gasteiger partial charge >= 0.3 is 0 Å². The fourth-order valence-corrected chi connectivity index (χ4v) is 2.36. The van der Waals surface area contributed by atoms with Crippen molar-refractivity contribution in [2.24, 2.45) is 0 Å². The lowest BCUT2D eigenvalue weighted by Gasteiger charge is -2.09. The summed E-state index contributed by atoms with van der Waals surface area (Å²) in [5.74, 6) is 0.948. The normalized spacial score (nSPS) is 10.2. The SMILES string of the molecule is CC(=O)Nc1ccc2cc(COc3ccccc3C#N)ccc2n1. The Balaban J connectivity index is 1.78. The van der Waals surface area contributed by atoms with Crippen molar-refractivity contribution < 1.29 is 9.53 Å². The van der Waals surface area contributed by atoms with Crippen LogP contribution in [-0.2, 0) is 11.4 Å². The van der Waals surface area contributed by atoms with Gasteiger partial charge in [0.05, 0.1) is 11.1 Å². The van der Waals surface area contributed by atoms with Crippen molar-refractivity contribution in [2.45, 2.75) is 13.5 Å². The summed E-state index contributed by atoms with van der Waals surface area (Å²) in [6.07, 6.45) is 0. The van der Waals surface area contributed by atoms with Crippen LogP contribution in [-0.4, -0.2) is 10.9 Å². The number of carbonyl (C=O) groups is 1. The highest BCUT2D eigenvalue weighted by atomic mass is 16.5. The summed E-state index contributed by atoms with van der Waals surface area (Å²) in [7, 11) is 0. The Labute approximate surface area is 139 Å². The Morgan fingerprint density at radius 1 is 1.21 bits per heavy atom. The van der Waals surface area contributed by atoms with Gasteiger partial charge in [0, 0.05) is 12.3 Å². The van der Waals surface area contributed by atoms with E-state index < -0.39 is 0 Å². The number of amides is 1. The summed E-state index contributed by atoms with van der Waals surface area (Å²) in [5.41, 5.74) is 2.28. The van der Waals surface area contributed by atoms with E-state index in [0.29, 0.717) is 23.7 Å². The molecule has 3 aromatic rings. The summed E-state index contributed by atoms with van der Waals surface area (Å²) in [6, 6.07) is 18.7. The number of ether oxygens (including phenoxy) is 1. The minimum atomic E-state index is -0.150. The van der Waals surface area contributed by atoms with Crippen LogP contribution in [0.25, 0.3) is 10.9 Å². The topological polar surface area (TPSA) is 75.0 Å². The molecule has 2 aromatic carbocycles. The molecule has 0 saturated carbocycles. The second-order valence-electron chi connectivity index (χ2n) is 5.30. The van der Waals surface area contributed by atoms with Crippen LogP contribution in [0.4, 0.5) is 5.82 Å². The van der Waals surface area contributed by atoms with Gasteiger partial charge in [0.25, 0.3) is 0 Å². The summed E-state index contributed by atoms with van der Waals surface area (Å²) >= 11 is 0. The largest absolute Gasteiger partial charge is 0.488 e. The number of hydrogen-bond donors (Lipinski definition) is 1. The number of rotatable bonds is 4. The first-order valence-electron chi connectivity index (χ1n) is 7.45. The lowest BCUT2D eigenvalue weighted by Crippen LogP contribution is -2.07. The van der Waals surface area contributed by atoms with Crippen molar-refractivity contribution in [3.05, 3.63) is 65.7 Å². The maximum atomic E-state index is 11.1. The predicted molar refractivity (Wildman–Crippen MR) is 91.5 cm³/mol. The molecule has 0 aliphatic heterocycles. The second-order valence-corrected chi connectivity index (χ2v) is 5.30. The van der Waals surface area contributed by atoms with Crippen LogP contribution < -0.4 is 10.1 Å². The molecule has 1 N–H and O–H groups in total. The standard InChI is InChI=1S/C19H15N3O2/c1-13(23)21-19-9-7-15-10-14(6-8-17(15)22-19)12-24-18-5-3-2-4-16(18)11-20/h2-10H,12H2,1H3,(H,21,22,23). The van der Waals surface area contributed by atoms with Gasteiger partial charge < -0.3 is 10.1 Å². The van der Waals surface area contributed by atoms with E-state index in [4.69, 9.17) is 10.00 Å². The Kier molecular flexibility index (Phi) is 4.39. The van der Waals surface area contributed by atoms with Crippen LogP contribution in [0.2, 0.25) is 0 Å². The molecule has 1 aromatic heterocycles. The molecular formula is C19H15N3O2. The molecular weight excluding hydrogens is 302 g/mol. The van der Waals surface area contributed by atoms with Crippen molar-refractivity contribution in [3.63, 3.8) is 0 Å². The molecule has 0 unspecified atom stereocenters. The highest BCUT2D eigenvalue weighted by Crippen LogP contribution is 2.21. The minimum absolute atomic E-state index is 0.150. The first kappa shape index (κ1) is 15.5. The number of fused-ring (bicyclic) bond motifs is 1. The van der Waals surface area contributed by atoms with Gasteiger partial charge in [0.2, 0.25) is 5.91 Å². The molecule has 3 rings (SSSR count). The highest BCUT2D eigenvalue weighted by Gasteiger charge is 2.04. The van der Waals surface area contributed by atoms with Gasteiger partial charge in [-0.15, -0.1) is 0 Å². The average molecular weight is 317 g/mol. The van der Waals surface area contributed by atoms with E-state index >= 15 is 0 Å². The van der Waals surface area contributed by atoms with Crippen LogP contribution >= 0.6 is 0 Å². The fraction of sp³-hybridized carbons (Fsp3) is 0.105. The predicted octanol–water partition coefficient (Wildman–Crippen LogP) is 3.64. The van der Waals surface area contributed by atoms with Crippen molar-refractivity contribution in [1.29, 1.82) is 5.26 Å². The number of carbonyl (C=O) groups excluding carboxylic acids is 1. The number of para-hydroxylation sites is 1. The van der Waals surface area contributed by atoms with Crippen molar-refractivity contribution in [1.82, 2.24) is 4.98 Å². The summed E-state index contributed by atoms with van der Waals surface area (Å²) < 4.78 is 5.74. The third kappa shape index (κ3) is 3.50. The maximum absolute atomic E-state index is 11.1. The molecule has 0 aliphatic rings. The van der Waals surface area contributed by atoms with E-state index in [1.165, 1.54) is 6.92 Å². The summed E-state index contributed by atoms with van der Waals surface area (Å²) in [4.78, 5) is 15.5. The molecule has 118 valence electrons. The van der Waals surface area contributed by atoms with Crippen LogP contribution in [0.1, 0.15) is 18.1 Å². The molecule has 5 nitrogen and oxygen atoms in total. The number of nitriles is 1. The van der Waals surface area contributed by atoms with Crippen molar-refractivity contribution in [2.75, 3.05) is 5.32 Å². The Morgan fingerprint density at radius 2 is 2.04 bits per heavy atom. The molecule has 0 saturated heterocycles. The van der Waals surface area contributed by atoms with Crippen LogP contribution in [0.15, 0.2) is 54.6 Å². The monoisotopic (exact) mass is 317 g/mol. The third-order valence-electron chi connectivity index (χ3n) is 3.46. The van der Waals surface area contributed by atoms with Gasteiger partial charge in [-0.05, 0) is 42.0 Å². The van der Waals surface area contributed by atoms with E-state index in [0.717, 1.165) is 16.5 Å². The number of anilines is 1. The molecule has 5 heteroatoms. The Hall–Kier alpha value is -3.39. The van der Waals surface area contributed by atoms with E-state index in [2.05, 4.69) is 16.4 Å². The molecule has 1 amide bonds. The molecule has 24 heavy (non-hydrogen) atoms.